The first-order chi connectivity index (χ1) is 14.7. The number of hydrogen-bond donors (Lipinski definition) is 0. The van der Waals surface area contributed by atoms with Crippen LogP contribution in [0.25, 0.3) is 0 Å². The van der Waals surface area contributed by atoms with Gasteiger partial charge >= 0.3 is 0 Å². The summed E-state index contributed by atoms with van der Waals surface area (Å²) >= 11 is 0. The van der Waals surface area contributed by atoms with Crippen LogP contribution in [0.2, 0.25) is 0 Å². The van der Waals surface area contributed by atoms with Gasteiger partial charge in [-0.15, -0.1) is 0 Å². The minimum atomic E-state index is -0.239. The highest BCUT2D eigenvalue weighted by molar-refractivity contribution is 6.06. The van der Waals surface area contributed by atoms with Crippen LogP contribution >= 0.6 is 0 Å². The standard InChI is InChI=1S/C24H19N3O3/c25-12-18-3-1-2-4-19(18)14-30-20-9-5-15(6-10-20)13-26-27-23(28)21-16-7-8-17(11-16)22(21)24(27)29/h1-10,13,16-17,21-22H,11,14H2. The zero-order valence-electron chi connectivity index (χ0n) is 16.1. The quantitative estimate of drug-likeness (QED) is 0.440. The smallest absolute Gasteiger partial charge is 0.254 e. The molecule has 2 fully saturated rings. The van der Waals surface area contributed by atoms with E-state index in [2.05, 4.69) is 23.3 Å². The summed E-state index contributed by atoms with van der Waals surface area (Å²) in [5, 5.41) is 14.4. The molecule has 1 heterocycles. The van der Waals surface area contributed by atoms with Crippen LogP contribution in [-0.2, 0) is 16.2 Å². The van der Waals surface area contributed by atoms with E-state index in [0.29, 0.717) is 17.9 Å². The van der Waals surface area contributed by atoms with Gasteiger partial charge in [0, 0.05) is 5.56 Å². The van der Waals surface area contributed by atoms with Crippen LogP contribution in [0.3, 0.4) is 0 Å². The van der Waals surface area contributed by atoms with Gasteiger partial charge in [-0.05, 0) is 54.2 Å². The second-order valence-electron chi connectivity index (χ2n) is 7.86. The molecule has 4 atom stereocenters. The molecule has 2 amide bonds. The fraction of sp³-hybridized carbons (Fsp3) is 0.250. The summed E-state index contributed by atoms with van der Waals surface area (Å²) in [6, 6.07) is 16.7. The topological polar surface area (TPSA) is 82.8 Å². The third-order valence-corrected chi connectivity index (χ3v) is 6.18. The summed E-state index contributed by atoms with van der Waals surface area (Å²) in [5.41, 5.74) is 2.18. The van der Waals surface area contributed by atoms with Crippen LogP contribution in [0.1, 0.15) is 23.1 Å². The third-order valence-electron chi connectivity index (χ3n) is 6.18. The minimum absolute atomic E-state index is 0.180. The van der Waals surface area contributed by atoms with Gasteiger partial charge in [0.25, 0.3) is 11.8 Å². The molecule has 2 aromatic carbocycles. The fourth-order valence-corrected chi connectivity index (χ4v) is 4.69. The lowest BCUT2D eigenvalue weighted by Gasteiger charge is -2.13. The van der Waals surface area contributed by atoms with Crippen molar-refractivity contribution in [3.05, 3.63) is 77.4 Å². The molecule has 6 nitrogen and oxygen atoms in total. The lowest BCUT2D eigenvalue weighted by molar-refractivity contribution is -0.140. The average Bonchev–Trinajstić information content (AvgIpc) is 3.46. The van der Waals surface area contributed by atoms with Crippen molar-refractivity contribution in [2.45, 2.75) is 13.0 Å². The van der Waals surface area contributed by atoms with Crippen molar-refractivity contribution in [2.75, 3.05) is 0 Å². The number of ether oxygens (including phenoxy) is 1. The molecule has 0 radical (unpaired) electrons. The summed E-state index contributed by atoms with van der Waals surface area (Å²) in [4.78, 5) is 25.3. The van der Waals surface area contributed by atoms with Crippen LogP contribution in [0, 0.1) is 35.0 Å². The molecule has 6 heteroatoms. The molecule has 2 aromatic rings. The second kappa shape index (κ2) is 7.27. The number of nitriles is 1. The van der Waals surface area contributed by atoms with Crippen molar-refractivity contribution < 1.29 is 14.3 Å². The number of fused-ring (bicyclic) bond motifs is 5. The normalized spacial score (nSPS) is 26.4. The number of rotatable bonds is 5. The molecule has 2 bridgehead atoms. The number of hydrazone groups is 1. The van der Waals surface area contributed by atoms with Gasteiger partial charge in [-0.2, -0.15) is 15.4 Å². The molecule has 5 rings (SSSR count). The van der Waals surface area contributed by atoms with Gasteiger partial charge in [-0.25, -0.2) is 0 Å². The lowest BCUT2D eigenvalue weighted by atomic mass is 9.85. The molecular formula is C24H19N3O3. The first-order valence-corrected chi connectivity index (χ1v) is 9.96. The number of nitrogens with zero attached hydrogens (tertiary/aromatic N) is 3. The first-order valence-electron chi connectivity index (χ1n) is 9.96. The maximum Gasteiger partial charge on any atom is 0.254 e. The van der Waals surface area contributed by atoms with Crippen molar-refractivity contribution in [3.63, 3.8) is 0 Å². The van der Waals surface area contributed by atoms with Gasteiger partial charge in [0.1, 0.15) is 12.4 Å². The summed E-state index contributed by atoms with van der Waals surface area (Å²) in [6.45, 7) is 0.299. The van der Waals surface area contributed by atoms with Gasteiger partial charge in [0.05, 0.1) is 29.7 Å². The minimum Gasteiger partial charge on any atom is -0.489 e. The monoisotopic (exact) mass is 397 g/mol. The highest BCUT2D eigenvalue weighted by atomic mass is 16.5. The maximum absolute atomic E-state index is 12.6. The van der Waals surface area contributed by atoms with Crippen LogP contribution in [0.4, 0.5) is 0 Å². The number of carbonyl (C=O) groups excluding carboxylic acids is 2. The molecule has 2 aliphatic carbocycles. The SMILES string of the molecule is N#Cc1ccccc1COc1ccc(C=NN2C(=O)C3C4C=CC(C4)C3C2=O)cc1. The molecule has 4 unspecified atom stereocenters. The molecule has 0 N–H and O–H groups in total. The van der Waals surface area contributed by atoms with Crippen LogP contribution < -0.4 is 4.74 Å². The molecular weight excluding hydrogens is 378 g/mol. The predicted molar refractivity (Wildman–Crippen MR) is 109 cm³/mol. The summed E-state index contributed by atoms with van der Waals surface area (Å²) in [5.74, 6) is 0.167. The number of carbonyl (C=O) groups is 2. The van der Waals surface area contributed by atoms with E-state index in [0.717, 1.165) is 22.6 Å². The Morgan fingerprint density at radius 3 is 2.37 bits per heavy atom. The molecule has 0 spiro atoms. The van der Waals surface area contributed by atoms with Gasteiger partial charge < -0.3 is 4.74 Å². The average molecular weight is 397 g/mol. The fourth-order valence-electron chi connectivity index (χ4n) is 4.69. The highest BCUT2D eigenvalue weighted by Crippen LogP contribution is 2.52. The van der Waals surface area contributed by atoms with Crippen LogP contribution in [-0.4, -0.2) is 23.0 Å². The summed E-state index contributed by atoms with van der Waals surface area (Å²) < 4.78 is 5.76. The number of hydrogen-bond acceptors (Lipinski definition) is 5. The van der Waals surface area contributed by atoms with Gasteiger partial charge in [0.2, 0.25) is 0 Å². The molecule has 1 saturated carbocycles. The van der Waals surface area contributed by atoms with Crippen molar-refractivity contribution in [1.82, 2.24) is 5.01 Å². The van der Waals surface area contributed by atoms with E-state index in [1.807, 2.05) is 30.3 Å². The Morgan fingerprint density at radius 2 is 1.70 bits per heavy atom. The van der Waals surface area contributed by atoms with Crippen molar-refractivity contribution >= 4 is 18.0 Å². The number of allylic oxidation sites excluding steroid dienone is 2. The predicted octanol–water partition coefficient (Wildman–Crippen LogP) is 3.28. The zero-order valence-corrected chi connectivity index (χ0v) is 16.1. The van der Waals surface area contributed by atoms with Crippen LogP contribution in [0.15, 0.2) is 65.8 Å². The zero-order chi connectivity index (χ0) is 20.7. The van der Waals surface area contributed by atoms with Gasteiger partial charge in [0.15, 0.2) is 0 Å². The van der Waals surface area contributed by atoms with Gasteiger partial charge in [-0.1, -0.05) is 30.4 Å². The van der Waals surface area contributed by atoms with E-state index < -0.39 is 0 Å². The third kappa shape index (κ3) is 3.00. The molecule has 30 heavy (non-hydrogen) atoms. The van der Waals surface area contributed by atoms with Crippen LogP contribution in [0.5, 0.6) is 5.75 Å². The van der Waals surface area contributed by atoms with Crippen molar-refractivity contribution in [2.24, 2.45) is 28.8 Å². The molecule has 1 saturated heterocycles. The summed E-state index contributed by atoms with van der Waals surface area (Å²) in [7, 11) is 0. The Hall–Kier alpha value is -3.72. The van der Waals surface area contributed by atoms with E-state index in [9.17, 15) is 9.59 Å². The Morgan fingerprint density at radius 1 is 1.03 bits per heavy atom. The number of amides is 2. The van der Waals surface area contributed by atoms with Crippen molar-refractivity contribution in [1.29, 1.82) is 5.26 Å². The maximum atomic E-state index is 12.6. The molecule has 0 aromatic heterocycles. The number of imide groups is 1. The molecule has 3 aliphatic rings. The molecule has 148 valence electrons. The Kier molecular flexibility index (Phi) is 4.44. The highest BCUT2D eigenvalue weighted by Gasteiger charge is 2.59. The Balaban J connectivity index is 1.23. The number of benzene rings is 2. The first kappa shape index (κ1) is 18.3. The van der Waals surface area contributed by atoms with E-state index >= 15 is 0 Å². The van der Waals surface area contributed by atoms with E-state index in [-0.39, 0.29) is 35.5 Å². The van der Waals surface area contributed by atoms with Crippen molar-refractivity contribution in [3.8, 4) is 11.8 Å². The second-order valence-corrected chi connectivity index (χ2v) is 7.86. The molecule has 1 aliphatic heterocycles. The van der Waals surface area contributed by atoms with E-state index in [4.69, 9.17) is 10.00 Å². The Labute approximate surface area is 174 Å². The Bertz CT molecular complexity index is 1080. The van der Waals surface area contributed by atoms with E-state index in [1.54, 1.807) is 18.2 Å². The lowest BCUT2D eigenvalue weighted by Crippen LogP contribution is -2.28. The largest absolute Gasteiger partial charge is 0.489 e. The summed E-state index contributed by atoms with van der Waals surface area (Å²) in [6.07, 6.45) is 6.57. The van der Waals surface area contributed by atoms with Gasteiger partial charge in [-0.3, -0.25) is 9.59 Å². The van der Waals surface area contributed by atoms with E-state index in [1.165, 1.54) is 6.21 Å².